The summed E-state index contributed by atoms with van der Waals surface area (Å²) in [4.78, 5) is 30.3. The SMILES string of the molecule is Cc1oc(C#N)cc1C(=O)NC[C@@H]1CC(=O)N(C)[C@H]1c1cccnc1. The minimum Gasteiger partial charge on any atom is -0.450 e. The molecule has 2 aromatic heterocycles. The number of nitriles is 1. The normalized spacial score (nSPS) is 19.7. The van der Waals surface area contributed by atoms with E-state index < -0.39 is 0 Å². The van der Waals surface area contributed by atoms with Crippen molar-refractivity contribution in [1.82, 2.24) is 15.2 Å². The lowest BCUT2D eigenvalue weighted by atomic mass is 9.94. The number of pyridine rings is 1. The first-order valence-corrected chi connectivity index (χ1v) is 7.95. The van der Waals surface area contributed by atoms with Crippen molar-refractivity contribution in [3.05, 3.63) is 53.2 Å². The van der Waals surface area contributed by atoms with E-state index in [0.717, 1.165) is 5.56 Å². The molecule has 1 aliphatic heterocycles. The van der Waals surface area contributed by atoms with E-state index >= 15 is 0 Å². The molecule has 7 nitrogen and oxygen atoms in total. The predicted octanol–water partition coefficient (Wildman–Crippen LogP) is 1.80. The van der Waals surface area contributed by atoms with Gasteiger partial charge in [0.25, 0.3) is 5.91 Å². The number of nitrogens with one attached hydrogen (secondary N) is 1. The standard InChI is InChI=1S/C18H18N4O3/c1-11-15(7-14(8-19)25-11)18(24)21-10-13-6-16(23)22(2)17(13)12-4-3-5-20-9-12/h3-5,7,9,13,17H,6,10H2,1-2H3,(H,21,24)/t13-,17-/m0/s1. The average molecular weight is 338 g/mol. The van der Waals surface area contributed by atoms with E-state index in [0.29, 0.717) is 24.3 Å². The highest BCUT2D eigenvalue weighted by Crippen LogP contribution is 2.36. The van der Waals surface area contributed by atoms with Gasteiger partial charge in [0, 0.05) is 44.4 Å². The van der Waals surface area contributed by atoms with Gasteiger partial charge in [-0.15, -0.1) is 0 Å². The lowest BCUT2D eigenvalue weighted by Crippen LogP contribution is -2.32. The second-order valence-corrected chi connectivity index (χ2v) is 6.10. The maximum atomic E-state index is 12.4. The smallest absolute Gasteiger partial charge is 0.254 e. The molecule has 25 heavy (non-hydrogen) atoms. The highest BCUT2D eigenvalue weighted by Gasteiger charge is 2.38. The zero-order valence-electron chi connectivity index (χ0n) is 14.0. The van der Waals surface area contributed by atoms with Gasteiger partial charge >= 0.3 is 0 Å². The van der Waals surface area contributed by atoms with Crippen molar-refractivity contribution in [2.24, 2.45) is 5.92 Å². The largest absolute Gasteiger partial charge is 0.450 e. The number of aromatic nitrogens is 1. The van der Waals surface area contributed by atoms with Crippen molar-refractivity contribution in [1.29, 1.82) is 5.26 Å². The van der Waals surface area contributed by atoms with Gasteiger partial charge in [0.05, 0.1) is 11.6 Å². The molecule has 0 bridgehead atoms. The maximum Gasteiger partial charge on any atom is 0.254 e. The van der Waals surface area contributed by atoms with Crippen LogP contribution in [0.1, 0.15) is 39.9 Å². The van der Waals surface area contributed by atoms with Crippen molar-refractivity contribution in [2.45, 2.75) is 19.4 Å². The molecule has 1 fully saturated rings. The Morgan fingerprint density at radius 1 is 1.56 bits per heavy atom. The molecule has 7 heteroatoms. The Bertz CT molecular complexity index is 838. The van der Waals surface area contributed by atoms with E-state index in [2.05, 4.69) is 10.3 Å². The van der Waals surface area contributed by atoms with Crippen LogP contribution in [0.15, 0.2) is 35.0 Å². The van der Waals surface area contributed by atoms with E-state index in [4.69, 9.17) is 9.68 Å². The van der Waals surface area contributed by atoms with E-state index in [-0.39, 0.29) is 29.5 Å². The van der Waals surface area contributed by atoms with Crippen LogP contribution in [0.3, 0.4) is 0 Å². The molecule has 128 valence electrons. The molecule has 1 aliphatic rings. The molecular weight excluding hydrogens is 320 g/mol. The maximum absolute atomic E-state index is 12.4. The number of carbonyl (C=O) groups excluding carboxylic acids is 2. The number of carbonyl (C=O) groups is 2. The highest BCUT2D eigenvalue weighted by molar-refractivity contribution is 5.95. The third kappa shape index (κ3) is 3.24. The Morgan fingerprint density at radius 3 is 3.00 bits per heavy atom. The third-order valence-electron chi connectivity index (χ3n) is 4.52. The van der Waals surface area contributed by atoms with Gasteiger partial charge in [-0.05, 0) is 18.6 Å². The first-order valence-electron chi connectivity index (χ1n) is 7.95. The molecule has 0 aromatic carbocycles. The van der Waals surface area contributed by atoms with Crippen LogP contribution in [0, 0.1) is 24.2 Å². The van der Waals surface area contributed by atoms with Gasteiger partial charge in [-0.1, -0.05) is 6.07 Å². The van der Waals surface area contributed by atoms with Crippen molar-refractivity contribution in [2.75, 3.05) is 13.6 Å². The molecule has 1 N–H and O–H groups in total. The number of hydrogen-bond acceptors (Lipinski definition) is 5. The second-order valence-electron chi connectivity index (χ2n) is 6.10. The fraction of sp³-hybridized carbons (Fsp3) is 0.333. The molecule has 0 unspecified atom stereocenters. The van der Waals surface area contributed by atoms with Crippen LogP contribution in [0.4, 0.5) is 0 Å². The summed E-state index contributed by atoms with van der Waals surface area (Å²) in [6.07, 6.45) is 3.80. The van der Waals surface area contributed by atoms with Crippen molar-refractivity contribution in [3.8, 4) is 6.07 Å². The summed E-state index contributed by atoms with van der Waals surface area (Å²) in [7, 11) is 1.77. The number of rotatable bonds is 4. The quantitative estimate of drug-likeness (QED) is 0.916. The van der Waals surface area contributed by atoms with Gasteiger partial charge in [0.2, 0.25) is 11.7 Å². The molecule has 2 atom stereocenters. The summed E-state index contributed by atoms with van der Waals surface area (Å²) in [6.45, 7) is 1.99. The number of likely N-dealkylation sites (tertiary alicyclic amines) is 1. The number of hydrogen-bond donors (Lipinski definition) is 1. The highest BCUT2D eigenvalue weighted by atomic mass is 16.3. The van der Waals surface area contributed by atoms with E-state index in [9.17, 15) is 9.59 Å². The molecule has 0 radical (unpaired) electrons. The molecule has 1 saturated heterocycles. The second kappa shape index (κ2) is 6.77. The summed E-state index contributed by atoms with van der Waals surface area (Å²) >= 11 is 0. The molecular formula is C18H18N4O3. The van der Waals surface area contributed by atoms with Crippen LogP contribution in [-0.4, -0.2) is 35.3 Å². The van der Waals surface area contributed by atoms with Crippen LogP contribution in [0.2, 0.25) is 0 Å². The first kappa shape index (κ1) is 16.7. The minimum absolute atomic E-state index is 0.0411. The number of nitrogens with zero attached hydrogens (tertiary/aromatic N) is 3. The Balaban J connectivity index is 1.73. The molecule has 3 rings (SSSR count). The van der Waals surface area contributed by atoms with Crippen LogP contribution < -0.4 is 5.32 Å². The molecule has 0 aliphatic carbocycles. The van der Waals surface area contributed by atoms with Gasteiger partial charge in [-0.2, -0.15) is 5.26 Å². The predicted molar refractivity (Wildman–Crippen MR) is 88.3 cm³/mol. The third-order valence-corrected chi connectivity index (χ3v) is 4.52. The summed E-state index contributed by atoms with van der Waals surface area (Å²) < 4.78 is 5.19. The first-order chi connectivity index (χ1) is 12.0. The van der Waals surface area contributed by atoms with E-state index in [1.807, 2.05) is 18.2 Å². The molecule has 2 aromatic rings. The lowest BCUT2D eigenvalue weighted by Gasteiger charge is -2.25. The van der Waals surface area contributed by atoms with Gasteiger partial charge in [0.1, 0.15) is 11.8 Å². The molecule has 2 amide bonds. The van der Waals surface area contributed by atoms with Crippen LogP contribution >= 0.6 is 0 Å². The van der Waals surface area contributed by atoms with Crippen molar-refractivity contribution in [3.63, 3.8) is 0 Å². The van der Waals surface area contributed by atoms with Gasteiger partial charge in [0.15, 0.2) is 0 Å². The van der Waals surface area contributed by atoms with Crippen LogP contribution in [0.5, 0.6) is 0 Å². The number of furan rings is 1. The summed E-state index contributed by atoms with van der Waals surface area (Å²) in [5.41, 5.74) is 1.29. The summed E-state index contributed by atoms with van der Waals surface area (Å²) in [5, 5.41) is 11.7. The summed E-state index contributed by atoms with van der Waals surface area (Å²) in [5.74, 6) is 0.187. The lowest BCUT2D eigenvalue weighted by molar-refractivity contribution is -0.127. The monoisotopic (exact) mass is 338 g/mol. The molecule has 0 spiro atoms. The number of aryl methyl sites for hydroxylation is 1. The van der Waals surface area contributed by atoms with Crippen LogP contribution in [0.25, 0.3) is 0 Å². The topological polar surface area (TPSA) is 99.2 Å². The van der Waals surface area contributed by atoms with E-state index in [1.54, 1.807) is 31.3 Å². The van der Waals surface area contributed by atoms with Crippen LogP contribution in [-0.2, 0) is 4.79 Å². The Morgan fingerprint density at radius 2 is 2.36 bits per heavy atom. The fourth-order valence-electron chi connectivity index (χ4n) is 3.26. The van der Waals surface area contributed by atoms with Gasteiger partial charge in [-0.25, -0.2) is 0 Å². The number of amides is 2. The Hall–Kier alpha value is -3.14. The molecule has 0 saturated carbocycles. The fourth-order valence-corrected chi connectivity index (χ4v) is 3.26. The Labute approximate surface area is 145 Å². The van der Waals surface area contributed by atoms with Crippen molar-refractivity contribution >= 4 is 11.8 Å². The minimum atomic E-state index is -0.310. The van der Waals surface area contributed by atoms with Gasteiger partial charge in [-0.3, -0.25) is 14.6 Å². The summed E-state index contributed by atoms with van der Waals surface area (Å²) in [6, 6.07) is 6.94. The Kier molecular flexibility index (Phi) is 4.52. The zero-order chi connectivity index (χ0) is 18.0. The molecule has 3 heterocycles. The van der Waals surface area contributed by atoms with E-state index in [1.165, 1.54) is 6.07 Å². The average Bonchev–Trinajstić information content (AvgIpc) is 3.13. The van der Waals surface area contributed by atoms with Crippen molar-refractivity contribution < 1.29 is 14.0 Å². The zero-order valence-corrected chi connectivity index (χ0v) is 14.0. The van der Waals surface area contributed by atoms with Gasteiger partial charge < -0.3 is 14.6 Å².